The smallest absolute Gasteiger partial charge is 0.147 e. The second-order valence-electron chi connectivity index (χ2n) is 11.6. The molecule has 0 saturated heterocycles. The number of allylic oxidation sites excluding steroid dienone is 5. The van der Waals surface area contributed by atoms with E-state index in [0.29, 0.717) is 9.54 Å². The molecular formula is C24H42Cl2Si3Zr. The van der Waals surface area contributed by atoms with Crippen molar-refractivity contribution >= 4 is 48.2 Å². The summed E-state index contributed by atoms with van der Waals surface area (Å²) in [6.45, 7) is 28.9. The van der Waals surface area contributed by atoms with Crippen molar-refractivity contribution in [1.82, 2.24) is 0 Å². The number of fused-ring (bicyclic) bond motifs is 1. The fraction of sp³-hybridized carbons (Fsp3) is 0.500. The van der Waals surface area contributed by atoms with Crippen LogP contribution in [0.5, 0.6) is 0 Å². The summed E-state index contributed by atoms with van der Waals surface area (Å²) in [4.78, 5) is 0. The van der Waals surface area contributed by atoms with Crippen molar-refractivity contribution < 1.29 is 15.7 Å². The summed E-state index contributed by atoms with van der Waals surface area (Å²) in [5.74, 6) is 0.641. The number of halogens is 2. The zero-order valence-electron chi connectivity index (χ0n) is 20.6. The zero-order valence-corrected chi connectivity index (χ0v) is 28.1. The molecule has 0 aliphatic heterocycles. The third-order valence-electron chi connectivity index (χ3n) is 9.17. The van der Waals surface area contributed by atoms with E-state index >= 15 is 0 Å². The van der Waals surface area contributed by atoms with Crippen LogP contribution in [0.25, 0.3) is 6.08 Å². The normalized spacial score (nSPS) is 22.1. The van der Waals surface area contributed by atoms with Crippen LogP contribution in [0, 0.1) is 5.92 Å². The van der Waals surface area contributed by atoms with Gasteiger partial charge in [0, 0.05) is 0 Å². The Morgan fingerprint density at radius 1 is 0.833 bits per heavy atom. The van der Waals surface area contributed by atoms with E-state index in [4.69, 9.17) is 0 Å². The zero-order chi connectivity index (χ0) is 21.3. The quantitative estimate of drug-likeness (QED) is 0.321. The van der Waals surface area contributed by atoms with Crippen LogP contribution in [0.15, 0.2) is 50.3 Å². The molecule has 1 aromatic rings. The molecule has 0 nitrogen and oxygen atoms in total. The molecular weight excluding hydrogens is 535 g/mol. The van der Waals surface area contributed by atoms with Crippen LogP contribution in [-0.4, -0.2) is 17.3 Å². The summed E-state index contributed by atoms with van der Waals surface area (Å²) in [6.07, 6.45) is 5.14. The summed E-state index contributed by atoms with van der Waals surface area (Å²) in [6, 6.07) is 9.31. The minimum atomic E-state index is -3.52. The summed E-state index contributed by atoms with van der Waals surface area (Å²) in [5.41, 5.74) is 8.07. The van der Waals surface area contributed by atoms with E-state index in [9.17, 15) is 0 Å². The van der Waals surface area contributed by atoms with E-state index < -0.39 is 26.1 Å². The molecule has 3 rings (SSSR count). The summed E-state index contributed by atoms with van der Waals surface area (Å²) in [7, 11) is 0. The first-order valence-electron chi connectivity index (χ1n) is 10.9. The van der Waals surface area contributed by atoms with Gasteiger partial charge >= 0.3 is 177 Å². The van der Waals surface area contributed by atoms with Crippen molar-refractivity contribution in [2.45, 2.75) is 70.6 Å². The predicted octanol–water partition coefficient (Wildman–Crippen LogP) is 7.77. The van der Waals surface area contributed by atoms with Crippen LogP contribution < -0.4 is 0 Å². The average Bonchev–Trinajstić information content (AvgIpc) is 3.09. The van der Waals surface area contributed by atoms with E-state index in [-0.39, 0.29) is 24.8 Å². The molecule has 6 heteroatoms. The van der Waals surface area contributed by atoms with Crippen LogP contribution in [0.3, 0.4) is 0 Å². The third kappa shape index (κ3) is 3.34. The van der Waals surface area contributed by atoms with Gasteiger partial charge < -0.3 is 0 Å². The Morgan fingerprint density at radius 3 is 1.77 bits per heavy atom. The van der Waals surface area contributed by atoms with Gasteiger partial charge in [0.1, 0.15) is 0 Å². The summed E-state index contributed by atoms with van der Waals surface area (Å²) < 4.78 is 2.69. The summed E-state index contributed by atoms with van der Waals surface area (Å²) >= 11 is -3.52. The third-order valence-corrected chi connectivity index (χ3v) is 152. The standard InChI is InChI=1S/C9H7.C9H13.2C3H9Si.2ClH.H2Si.Zr/c1-2-5-9-7-3-6-8(9)4-1;1-6-5-7(2)9(4)8(6)3;2*1-4(2)3;;;;/h1-7H;6H,1-4H3;2*1-3H3;2*1H;1H2;. The fourth-order valence-electron chi connectivity index (χ4n) is 7.13. The fourth-order valence-corrected chi connectivity index (χ4v) is 118. The molecule has 0 fully saturated rings. The Bertz CT molecular complexity index is 986. The molecule has 0 radical (unpaired) electrons. The Morgan fingerprint density at radius 2 is 1.33 bits per heavy atom. The molecule has 1 aromatic carbocycles. The van der Waals surface area contributed by atoms with Crippen LogP contribution in [0.1, 0.15) is 42.4 Å². The monoisotopic (exact) mass is 574 g/mol. The van der Waals surface area contributed by atoms with Gasteiger partial charge in [-0.1, -0.05) is 0 Å². The minimum absolute atomic E-state index is 0. The van der Waals surface area contributed by atoms with E-state index in [1.54, 1.807) is 22.3 Å². The van der Waals surface area contributed by atoms with Crippen molar-refractivity contribution in [2.75, 3.05) is 0 Å². The van der Waals surface area contributed by atoms with Gasteiger partial charge in [0.15, 0.2) is 0 Å². The molecule has 0 saturated carbocycles. The van der Waals surface area contributed by atoms with Crippen LogP contribution in [0.2, 0.25) is 39.3 Å². The van der Waals surface area contributed by atoms with Gasteiger partial charge in [-0.15, -0.1) is 24.8 Å². The van der Waals surface area contributed by atoms with Gasteiger partial charge in [0.05, 0.1) is 0 Å². The maximum atomic E-state index is 2.74. The molecule has 2 aliphatic carbocycles. The first-order chi connectivity index (χ1) is 12.7. The van der Waals surface area contributed by atoms with Gasteiger partial charge in [-0.2, -0.15) is 0 Å². The van der Waals surface area contributed by atoms with Gasteiger partial charge in [-0.05, 0) is 0 Å². The van der Waals surface area contributed by atoms with Crippen molar-refractivity contribution in [3.8, 4) is 0 Å². The van der Waals surface area contributed by atoms with E-state index in [2.05, 4.69) is 110 Å². The summed E-state index contributed by atoms with van der Waals surface area (Å²) in [5, 5.41) is -2.98. The Kier molecular flexibility index (Phi) is 8.31. The largest absolute Gasteiger partial charge is 0.147 e. The van der Waals surface area contributed by atoms with Gasteiger partial charge in [-0.25, -0.2) is 0 Å². The van der Waals surface area contributed by atoms with E-state index in [0.717, 1.165) is 0 Å². The molecule has 0 spiro atoms. The molecule has 0 bridgehead atoms. The topological polar surface area (TPSA) is 0 Å². The number of hydrogen-bond donors (Lipinski definition) is 0. The van der Waals surface area contributed by atoms with Gasteiger partial charge in [0.25, 0.3) is 0 Å². The number of rotatable bonds is 4. The molecule has 168 valence electrons. The van der Waals surface area contributed by atoms with Crippen LogP contribution >= 0.6 is 24.8 Å². The van der Waals surface area contributed by atoms with E-state index in [1.807, 2.05) is 3.28 Å². The maximum Gasteiger partial charge on any atom is -0.147 e. The molecule has 0 amide bonds. The van der Waals surface area contributed by atoms with Crippen molar-refractivity contribution in [3.63, 3.8) is 0 Å². The van der Waals surface area contributed by atoms with Crippen molar-refractivity contribution in [1.29, 1.82) is 0 Å². The van der Waals surface area contributed by atoms with E-state index in [1.165, 1.54) is 5.56 Å². The van der Waals surface area contributed by atoms with Crippen molar-refractivity contribution in [3.05, 3.63) is 61.5 Å². The average molecular weight is 577 g/mol. The van der Waals surface area contributed by atoms with Gasteiger partial charge in [-0.3, -0.25) is 0 Å². The number of hydrogen-bond acceptors (Lipinski definition) is 0. The molecule has 0 N–H and O–H groups in total. The van der Waals surface area contributed by atoms with Crippen molar-refractivity contribution in [2.24, 2.45) is 5.92 Å². The molecule has 2 unspecified atom stereocenters. The second-order valence-corrected chi connectivity index (χ2v) is 86.7. The minimum Gasteiger partial charge on any atom is -0.147 e. The molecule has 2 atom stereocenters. The van der Waals surface area contributed by atoms with Crippen LogP contribution in [-0.2, 0) is 15.7 Å². The van der Waals surface area contributed by atoms with Crippen LogP contribution in [0.4, 0.5) is 0 Å². The first-order valence-corrected chi connectivity index (χ1v) is 33.8. The predicted molar refractivity (Wildman–Crippen MR) is 148 cm³/mol. The second kappa shape index (κ2) is 8.72. The Labute approximate surface area is 200 Å². The maximum absolute atomic E-state index is 3.52. The molecule has 0 heterocycles. The Balaban J connectivity index is 0.00000225. The SMILES string of the molecule is CC1=C(C)C(C)[C]([Zr](=[SiH2])([CH]2C=Cc3ccccc32)([Si](C)(C)C)[Si](C)(C)C)=C1C.Cl.Cl. The molecule has 0 aromatic heterocycles. The number of benzene rings is 1. The first kappa shape index (κ1) is 28.6. The molecule has 30 heavy (non-hydrogen) atoms. The Hall–Kier alpha value is 0.554. The molecule has 2 aliphatic rings. The van der Waals surface area contributed by atoms with Gasteiger partial charge in [0.2, 0.25) is 0 Å².